The number of piperidine rings is 1. The van der Waals surface area contributed by atoms with Crippen molar-refractivity contribution < 1.29 is 29.2 Å². The van der Waals surface area contributed by atoms with Gasteiger partial charge in [-0.1, -0.05) is 34.1 Å². The number of nitrogens with zero attached hydrogens (tertiary/aromatic N) is 2. The van der Waals surface area contributed by atoms with Crippen LogP contribution >= 0.6 is 13.5 Å². The van der Waals surface area contributed by atoms with Gasteiger partial charge in [0.1, 0.15) is 6.10 Å². The van der Waals surface area contributed by atoms with Crippen LogP contribution < -0.4 is 0 Å². The van der Waals surface area contributed by atoms with Crippen LogP contribution in [0.2, 0.25) is 0 Å². The fraction of sp³-hybridized carbons (Fsp3) is 1.00. The minimum Gasteiger partial charge on any atom is -0.388 e. The molecule has 0 aromatic rings. The molecule has 5 aliphatic carbocycles. The Balaban J connectivity index is 0.00000392. The van der Waals surface area contributed by atoms with Crippen molar-refractivity contribution in [1.82, 2.24) is 9.80 Å². The molecule has 0 radical (unpaired) electrons. The monoisotopic (exact) mass is 721 g/mol. The number of hydrogen-bond donors (Lipinski definition) is 2. The summed E-state index contributed by atoms with van der Waals surface area (Å²) < 4.78 is 25.5. The Morgan fingerprint density at radius 2 is 1.66 bits per heavy atom. The topological polar surface area (TPSA) is 83.9 Å². The molecule has 8 rings (SSSR count). The Kier molecular flexibility index (Phi) is 10.7. The highest BCUT2D eigenvalue weighted by Crippen LogP contribution is 2.87. The molecule has 3 saturated heterocycles. The smallest absolute Gasteiger partial charge is 0.170 e. The number of fused-ring (bicyclic) bond motifs is 2. The van der Waals surface area contributed by atoms with E-state index in [1.54, 1.807) is 13.8 Å². The molecule has 0 bridgehead atoms. The minimum atomic E-state index is -1.14. The first kappa shape index (κ1) is 38.3. The highest BCUT2D eigenvalue weighted by Gasteiger charge is 2.80. The molecule has 0 aromatic heterocycles. The van der Waals surface area contributed by atoms with Crippen LogP contribution in [0.3, 0.4) is 0 Å². The van der Waals surface area contributed by atoms with E-state index >= 15 is 0 Å². The molecule has 3 heterocycles. The summed E-state index contributed by atoms with van der Waals surface area (Å²) >= 11 is 0. The van der Waals surface area contributed by atoms with E-state index in [1.807, 2.05) is 0 Å². The summed E-state index contributed by atoms with van der Waals surface area (Å²) in [6.07, 6.45) is 14.8. The molecule has 8 aliphatic rings. The molecule has 5 saturated carbocycles. The standard InChI is InChI=1S/C41H70N2O6.H2S/c1-7-8-30-32(48-25-34(44)38(4,5)45)21-31-29-9-10-33-37(2,3)35(11-14-41(33)26-40(29,41)16-15-39(30,31)6)49-36-22-43(19-20-47-36)27-12-17-42(18-13-27)28-23-46-24-28;/h27-36,44-45H,7-26H2,1-6H3;1H2. The summed E-state index contributed by atoms with van der Waals surface area (Å²) in [6, 6.07) is 1.31. The average Bonchev–Trinajstić information content (AvgIpc) is 3.63. The van der Waals surface area contributed by atoms with E-state index in [1.165, 1.54) is 83.7 Å². The Bertz CT molecular complexity index is 1190. The van der Waals surface area contributed by atoms with E-state index in [2.05, 4.69) is 37.5 Å². The van der Waals surface area contributed by atoms with Gasteiger partial charge in [0.2, 0.25) is 0 Å². The molecular weight excluding hydrogens is 649 g/mol. The predicted molar refractivity (Wildman–Crippen MR) is 200 cm³/mol. The third-order valence-electron chi connectivity index (χ3n) is 16.9. The molecule has 0 aromatic carbocycles. The first-order valence-corrected chi connectivity index (χ1v) is 20.7. The van der Waals surface area contributed by atoms with E-state index in [0.717, 1.165) is 51.2 Å². The first-order chi connectivity index (χ1) is 23.3. The third-order valence-corrected chi connectivity index (χ3v) is 16.9. The lowest BCUT2D eigenvalue weighted by Gasteiger charge is -2.60. The summed E-state index contributed by atoms with van der Waals surface area (Å²) in [5.41, 5.74) is 0.304. The molecule has 0 amide bonds. The maximum atomic E-state index is 10.6. The Morgan fingerprint density at radius 1 is 0.900 bits per heavy atom. The van der Waals surface area contributed by atoms with Gasteiger partial charge >= 0.3 is 0 Å². The van der Waals surface area contributed by atoms with Gasteiger partial charge in [0, 0.05) is 32.2 Å². The second kappa shape index (κ2) is 14.0. The maximum Gasteiger partial charge on any atom is 0.170 e. The molecule has 9 heteroatoms. The van der Waals surface area contributed by atoms with Crippen LogP contribution in [0, 0.1) is 45.3 Å². The zero-order valence-corrected chi connectivity index (χ0v) is 33.3. The maximum absolute atomic E-state index is 10.6. The van der Waals surface area contributed by atoms with Crippen LogP contribution in [0.25, 0.3) is 0 Å². The van der Waals surface area contributed by atoms with Gasteiger partial charge < -0.3 is 29.2 Å². The van der Waals surface area contributed by atoms with E-state index in [4.69, 9.17) is 18.9 Å². The van der Waals surface area contributed by atoms with Crippen LogP contribution in [0.1, 0.15) is 119 Å². The van der Waals surface area contributed by atoms with Gasteiger partial charge in [0.15, 0.2) is 6.29 Å². The van der Waals surface area contributed by atoms with E-state index < -0.39 is 11.7 Å². The van der Waals surface area contributed by atoms with Crippen LogP contribution in [0.4, 0.5) is 0 Å². The van der Waals surface area contributed by atoms with Crippen molar-refractivity contribution in [1.29, 1.82) is 0 Å². The fourth-order valence-corrected chi connectivity index (χ4v) is 13.9. The number of aliphatic hydroxyl groups excluding tert-OH is 1. The molecule has 2 spiro atoms. The summed E-state index contributed by atoms with van der Waals surface area (Å²) in [7, 11) is 0. The van der Waals surface area contributed by atoms with Gasteiger partial charge in [-0.25, -0.2) is 0 Å². The number of aliphatic hydroxyl groups is 2. The van der Waals surface area contributed by atoms with Crippen LogP contribution in [-0.4, -0.2) is 115 Å². The van der Waals surface area contributed by atoms with Crippen molar-refractivity contribution in [2.45, 2.75) is 161 Å². The van der Waals surface area contributed by atoms with Crippen molar-refractivity contribution in [2.75, 3.05) is 52.6 Å². The molecule has 2 N–H and O–H groups in total. The van der Waals surface area contributed by atoms with Crippen molar-refractivity contribution >= 4 is 13.5 Å². The van der Waals surface area contributed by atoms with E-state index in [9.17, 15) is 10.2 Å². The second-order valence-corrected chi connectivity index (χ2v) is 19.7. The van der Waals surface area contributed by atoms with Gasteiger partial charge in [-0.05, 0) is 130 Å². The minimum absolute atomic E-state index is 0. The van der Waals surface area contributed by atoms with Gasteiger partial charge in [0.25, 0.3) is 0 Å². The van der Waals surface area contributed by atoms with Gasteiger partial charge in [-0.3, -0.25) is 9.80 Å². The summed E-state index contributed by atoms with van der Waals surface area (Å²) in [4.78, 5) is 5.34. The Hall–Kier alpha value is 0.0300. The zero-order valence-electron chi connectivity index (χ0n) is 32.3. The number of rotatable bonds is 10. The van der Waals surface area contributed by atoms with E-state index in [0.29, 0.717) is 40.2 Å². The third kappa shape index (κ3) is 6.19. The lowest BCUT2D eigenvalue weighted by atomic mass is 9.46. The highest BCUT2D eigenvalue weighted by molar-refractivity contribution is 7.59. The molecule has 3 aliphatic heterocycles. The van der Waals surface area contributed by atoms with Gasteiger partial charge in [-0.2, -0.15) is 13.5 Å². The molecule has 8 nitrogen and oxygen atoms in total. The van der Waals surface area contributed by atoms with Crippen LogP contribution in [0.5, 0.6) is 0 Å². The Labute approximate surface area is 310 Å². The lowest BCUT2D eigenvalue weighted by Crippen LogP contribution is -2.58. The first-order valence-electron chi connectivity index (χ1n) is 20.7. The van der Waals surface area contributed by atoms with Crippen LogP contribution in [-0.2, 0) is 18.9 Å². The lowest BCUT2D eigenvalue weighted by molar-refractivity contribution is -0.248. The van der Waals surface area contributed by atoms with Crippen LogP contribution in [0.15, 0.2) is 0 Å². The van der Waals surface area contributed by atoms with E-state index in [-0.39, 0.29) is 44.0 Å². The molecule has 11 unspecified atom stereocenters. The van der Waals surface area contributed by atoms with Gasteiger partial charge in [0.05, 0.1) is 50.3 Å². The van der Waals surface area contributed by atoms with Crippen molar-refractivity contribution in [2.24, 2.45) is 45.3 Å². The molecule has 11 atom stereocenters. The largest absolute Gasteiger partial charge is 0.388 e. The average molecular weight is 721 g/mol. The molecule has 288 valence electrons. The Morgan fingerprint density at radius 3 is 2.34 bits per heavy atom. The quantitative estimate of drug-likeness (QED) is 0.286. The molecule has 8 fully saturated rings. The number of likely N-dealkylation sites (tertiary alicyclic amines) is 1. The summed E-state index contributed by atoms with van der Waals surface area (Å²) in [5, 5.41) is 21.0. The zero-order chi connectivity index (χ0) is 34.4. The number of hydrogen-bond acceptors (Lipinski definition) is 8. The summed E-state index contributed by atoms with van der Waals surface area (Å²) in [5.74, 6) is 2.76. The SMILES string of the molecule is CCCC1C(OCC(O)C(C)(C)O)CC2C3CCC4C(C)(C)C(OC5CN(C6CCN(C7COC7)CC6)CCO5)CCC45CC35CCC12C.S. The van der Waals surface area contributed by atoms with Gasteiger partial charge in [-0.15, -0.1) is 0 Å². The second-order valence-electron chi connectivity index (χ2n) is 19.7. The van der Waals surface area contributed by atoms with Crippen molar-refractivity contribution in [3.63, 3.8) is 0 Å². The molecule has 50 heavy (non-hydrogen) atoms. The van der Waals surface area contributed by atoms with Crippen molar-refractivity contribution in [3.05, 3.63) is 0 Å². The normalized spacial score (nSPS) is 45.7. The number of ether oxygens (including phenoxy) is 4. The number of morpholine rings is 1. The predicted octanol–water partition coefficient (Wildman–Crippen LogP) is 5.98. The van der Waals surface area contributed by atoms with Crippen molar-refractivity contribution in [3.8, 4) is 0 Å². The fourth-order valence-electron chi connectivity index (χ4n) is 13.9. The summed E-state index contributed by atoms with van der Waals surface area (Å²) in [6.45, 7) is 20.6. The highest BCUT2D eigenvalue weighted by atomic mass is 32.1. The molecular formula is C41H72N2O6S.